The van der Waals surface area contributed by atoms with Crippen molar-refractivity contribution >= 4 is 6.09 Å². The van der Waals surface area contributed by atoms with Crippen molar-refractivity contribution in [1.29, 1.82) is 0 Å². The van der Waals surface area contributed by atoms with Gasteiger partial charge in [-0.1, -0.05) is 20.8 Å². The van der Waals surface area contributed by atoms with Gasteiger partial charge in [-0.15, -0.1) is 24.8 Å². The minimum Gasteiger partial charge on any atom is -0.444 e. The molecule has 4 rings (SSSR count). The van der Waals surface area contributed by atoms with Crippen molar-refractivity contribution in [3.05, 3.63) is 58.7 Å². The topological polar surface area (TPSA) is 61.8 Å². The van der Waals surface area contributed by atoms with Gasteiger partial charge in [-0.05, 0) is 52.1 Å². The van der Waals surface area contributed by atoms with Crippen LogP contribution in [-0.2, 0) is 11.3 Å². The number of ether oxygens (including phenoxy) is 1. The monoisotopic (exact) mass is 490 g/mol. The SMILES string of the molecule is CC.CC[C-]=C1CCNCC2C1=[C-]CCN2C(=O)OC(C)(C)C.OCc1[c-]ccc(C2CC2)c1.[Na+]. The normalized spacial score (nSPS) is 20.5. The molecule has 2 N–H and O–H groups in total. The first kappa shape index (κ1) is 31.9. The second-order valence-electron chi connectivity index (χ2n) is 9.57. The van der Waals surface area contributed by atoms with Gasteiger partial charge in [-0.2, -0.15) is 29.8 Å². The molecule has 0 aromatic heterocycles. The number of nitrogens with one attached hydrogen (secondary N) is 1. The van der Waals surface area contributed by atoms with Crippen LogP contribution in [0.5, 0.6) is 0 Å². The summed E-state index contributed by atoms with van der Waals surface area (Å²) in [4.78, 5) is 14.3. The molecule has 1 unspecified atom stereocenters. The molecule has 190 valence electrons. The third-order valence-corrected chi connectivity index (χ3v) is 5.71. The molecule has 0 bridgehead atoms. The van der Waals surface area contributed by atoms with Crippen molar-refractivity contribution in [3.63, 3.8) is 0 Å². The van der Waals surface area contributed by atoms with E-state index in [0.717, 1.165) is 49.4 Å². The van der Waals surface area contributed by atoms with Crippen LogP contribution < -0.4 is 34.9 Å². The molecule has 35 heavy (non-hydrogen) atoms. The molecule has 1 aromatic carbocycles. The van der Waals surface area contributed by atoms with E-state index in [1.807, 2.05) is 45.6 Å². The minimum atomic E-state index is -0.464. The molecule has 1 aromatic rings. The Bertz CT molecular complexity index is 841. The van der Waals surface area contributed by atoms with E-state index in [2.05, 4.69) is 42.6 Å². The maximum absolute atomic E-state index is 12.5. The van der Waals surface area contributed by atoms with E-state index < -0.39 is 5.60 Å². The van der Waals surface area contributed by atoms with E-state index in [4.69, 9.17) is 9.84 Å². The Morgan fingerprint density at radius 3 is 2.63 bits per heavy atom. The average molecular weight is 491 g/mol. The fourth-order valence-electron chi connectivity index (χ4n) is 4.08. The number of rotatable bonds is 3. The number of carbonyl (C=O) groups excluding carboxylic acids is 1. The van der Waals surface area contributed by atoms with Crippen molar-refractivity contribution in [1.82, 2.24) is 10.2 Å². The Kier molecular flexibility index (Phi) is 14.5. The van der Waals surface area contributed by atoms with E-state index in [1.165, 1.54) is 24.0 Å². The number of fused-ring (bicyclic) bond motifs is 1. The summed E-state index contributed by atoms with van der Waals surface area (Å²) >= 11 is 0. The molecule has 2 fully saturated rings. The summed E-state index contributed by atoms with van der Waals surface area (Å²) in [5.74, 6) is 0.773. The number of amides is 1. The Labute approximate surface area is 235 Å². The van der Waals surface area contributed by atoms with Crippen molar-refractivity contribution in [3.8, 4) is 0 Å². The number of hydrogen-bond acceptors (Lipinski definition) is 4. The maximum Gasteiger partial charge on any atom is 1.00 e. The molecular formula is C29H43N2NaO3-2. The second-order valence-corrected chi connectivity index (χ2v) is 9.57. The smallest absolute Gasteiger partial charge is 0.444 e. The van der Waals surface area contributed by atoms with Crippen molar-refractivity contribution in [2.45, 2.75) is 97.8 Å². The fraction of sp³-hybridized carbons (Fsp3) is 0.621. The van der Waals surface area contributed by atoms with Crippen molar-refractivity contribution in [2.24, 2.45) is 0 Å². The Morgan fingerprint density at radius 2 is 2.03 bits per heavy atom. The molecule has 0 spiro atoms. The predicted octanol–water partition coefficient (Wildman–Crippen LogP) is 2.74. The molecule has 1 atom stereocenters. The van der Waals surface area contributed by atoms with Crippen LogP contribution in [0.2, 0.25) is 0 Å². The zero-order chi connectivity index (χ0) is 25.1. The number of aliphatic hydroxyl groups excluding tert-OH is 1. The summed E-state index contributed by atoms with van der Waals surface area (Å²) in [5.41, 5.74) is 4.16. The number of hydrogen-bond donors (Lipinski definition) is 2. The van der Waals surface area contributed by atoms with Crippen molar-refractivity contribution in [2.75, 3.05) is 19.6 Å². The van der Waals surface area contributed by atoms with Gasteiger partial charge in [-0.3, -0.25) is 0 Å². The summed E-state index contributed by atoms with van der Waals surface area (Å²) in [6, 6.07) is 9.06. The zero-order valence-corrected chi connectivity index (χ0v) is 25.0. The van der Waals surface area contributed by atoms with Gasteiger partial charge in [0, 0.05) is 19.7 Å². The van der Waals surface area contributed by atoms with Gasteiger partial charge in [0.05, 0.1) is 0 Å². The largest absolute Gasteiger partial charge is 1.00 e. The van der Waals surface area contributed by atoms with Crippen LogP contribution in [0, 0.1) is 18.2 Å². The molecule has 1 saturated carbocycles. The summed E-state index contributed by atoms with van der Waals surface area (Å²) in [6.45, 7) is 14.3. The summed E-state index contributed by atoms with van der Waals surface area (Å²) in [5, 5.41) is 12.2. The molecule has 1 amide bonds. The first-order valence-electron chi connectivity index (χ1n) is 12.8. The molecule has 2 heterocycles. The summed E-state index contributed by atoms with van der Waals surface area (Å²) in [7, 11) is 0. The van der Waals surface area contributed by atoms with Gasteiger partial charge >= 0.3 is 35.7 Å². The summed E-state index contributed by atoms with van der Waals surface area (Å²) < 4.78 is 5.55. The predicted molar refractivity (Wildman–Crippen MR) is 137 cm³/mol. The molecule has 6 heteroatoms. The quantitative estimate of drug-likeness (QED) is 0.505. The third-order valence-electron chi connectivity index (χ3n) is 5.71. The molecule has 0 radical (unpaired) electrons. The van der Waals surface area contributed by atoms with E-state index >= 15 is 0 Å². The summed E-state index contributed by atoms with van der Waals surface area (Å²) in [6.07, 6.45) is 11.9. The average Bonchev–Trinajstić information content (AvgIpc) is 3.68. The maximum atomic E-state index is 12.5. The molecular weight excluding hydrogens is 447 g/mol. The number of benzene rings is 1. The van der Waals surface area contributed by atoms with E-state index in [-0.39, 0.29) is 48.3 Å². The van der Waals surface area contributed by atoms with Gasteiger partial charge in [0.2, 0.25) is 0 Å². The van der Waals surface area contributed by atoms with Gasteiger partial charge in [0.25, 0.3) is 0 Å². The molecule has 2 aliphatic heterocycles. The number of nitrogens with zero attached hydrogens (tertiary/aromatic N) is 1. The zero-order valence-electron chi connectivity index (χ0n) is 23.0. The van der Waals surface area contributed by atoms with E-state index in [0.29, 0.717) is 6.54 Å². The molecule has 1 aliphatic carbocycles. The fourth-order valence-corrected chi connectivity index (χ4v) is 4.08. The van der Waals surface area contributed by atoms with Gasteiger partial charge in [0.15, 0.2) is 0 Å². The standard InChI is InChI=1S/C17H26N2O2.C10H11O.C2H6.Na/c1-5-7-13-9-10-18-12-15-14(13)8-6-11-19(15)16(20)21-17(2,3)4;11-7-8-2-1-3-10(6-8)9-4-5-9;1-2;/h15,18H,5-6,9-12H2,1-4H3;1,3,6,9,11H,4-5,7H2;1-2H3;/q-2;-1;;+1. The Hall–Kier alpha value is -1.11. The van der Waals surface area contributed by atoms with Crippen molar-refractivity contribution < 1.29 is 44.2 Å². The van der Waals surface area contributed by atoms with E-state index in [9.17, 15) is 4.79 Å². The van der Waals surface area contributed by atoms with Crippen LogP contribution in [0.25, 0.3) is 0 Å². The van der Waals surface area contributed by atoms with Gasteiger partial charge in [-0.25, -0.2) is 4.79 Å². The Balaban J connectivity index is 0.000000368. The van der Waals surface area contributed by atoms with Crippen LogP contribution in [0.3, 0.4) is 0 Å². The first-order chi connectivity index (χ1) is 16.3. The third kappa shape index (κ3) is 10.4. The molecule has 5 nitrogen and oxygen atoms in total. The van der Waals surface area contributed by atoms with Crippen LogP contribution in [-0.4, -0.2) is 47.4 Å². The number of aliphatic hydroxyl groups is 1. The van der Waals surface area contributed by atoms with Gasteiger partial charge in [0.1, 0.15) is 5.60 Å². The molecule has 3 aliphatic rings. The van der Waals surface area contributed by atoms with Crippen LogP contribution in [0.15, 0.2) is 29.3 Å². The van der Waals surface area contributed by atoms with Crippen LogP contribution >= 0.6 is 0 Å². The number of carbonyl (C=O) groups is 1. The van der Waals surface area contributed by atoms with Crippen LogP contribution in [0.1, 0.15) is 90.7 Å². The minimum absolute atomic E-state index is 0. The van der Waals surface area contributed by atoms with Crippen LogP contribution in [0.4, 0.5) is 4.79 Å². The van der Waals surface area contributed by atoms with E-state index in [1.54, 1.807) is 0 Å². The number of allylic oxidation sites excluding steroid dienone is 1. The second kappa shape index (κ2) is 15.9. The molecule has 1 saturated heterocycles. The van der Waals surface area contributed by atoms with Gasteiger partial charge < -0.3 is 43.4 Å². The Morgan fingerprint density at radius 1 is 1.31 bits per heavy atom. The first-order valence-corrected chi connectivity index (χ1v) is 12.8.